The zero-order chi connectivity index (χ0) is 17.2. The quantitative estimate of drug-likeness (QED) is 0.770. The molecule has 0 saturated heterocycles. The maximum absolute atomic E-state index is 12.5. The standard InChI is InChI=1S/C18H24N6O/c1-11-12-4-2-3-5-13(12)24-15(23-11)7-9-20-18(25)17-16-14(6-8-19-17)21-10-22-16/h10,17,19H,2-9H2,1H3,(H,20,25)(H,21,22). The lowest BCUT2D eigenvalue weighted by Gasteiger charge is -2.22. The first-order valence-electron chi connectivity index (χ1n) is 9.11. The molecular formula is C18H24N6O. The molecule has 2 aromatic rings. The number of rotatable bonds is 4. The Balaban J connectivity index is 1.37. The van der Waals surface area contributed by atoms with Gasteiger partial charge in [0.1, 0.15) is 11.9 Å². The molecule has 3 N–H and O–H groups in total. The van der Waals surface area contributed by atoms with Gasteiger partial charge < -0.3 is 15.6 Å². The van der Waals surface area contributed by atoms with E-state index in [9.17, 15) is 4.79 Å². The summed E-state index contributed by atoms with van der Waals surface area (Å²) in [5.74, 6) is 0.790. The number of aryl methyl sites for hydroxylation is 2. The Kier molecular flexibility index (Phi) is 4.48. The fourth-order valence-corrected chi connectivity index (χ4v) is 3.79. The van der Waals surface area contributed by atoms with Crippen LogP contribution in [-0.2, 0) is 30.5 Å². The van der Waals surface area contributed by atoms with Crippen LogP contribution in [-0.4, -0.2) is 38.9 Å². The van der Waals surface area contributed by atoms with E-state index in [0.29, 0.717) is 13.0 Å². The first kappa shape index (κ1) is 16.2. The molecule has 1 aliphatic carbocycles. The van der Waals surface area contributed by atoms with E-state index in [-0.39, 0.29) is 11.9 Å². The summed E-state index contributed by atoms with van der Waals surface area (Å²) in [6.45, 7) is 3.38. The molecule has 7 heteroatoms. The summed E-state index contributed by atoms with van der Waals surface area (Å²) in [7, 11) is 0. The molecule has 1 atom stereocenters. The number of aromatic amines is 1. The lowest BCUT2D eigenvalue weighted by Crippen LogP contribution is -2.42. The van der Waals surface area contributed by atoms with Crippen molar-refractivity contribution in [3.05, 3.63) is 40.5 Å². The Morgan fingerprint density at radius 3 is 3.08 bits per heavy atom. The Bertz CT molecular complexity index is 784. The Morgan fingerprint density at radius 1 is 1.28 bits per heavy atom. The summed E-state index contributed by atoms with van der Waals surface area (Å²) >= 11 is 0. The zero-order valence-corrected chi connectivity index (χ0v) is 14.6. The van der Waals surface area contributed by atoms with Crippen molar-refractivity contribution >= 4 is 5.91 Å². The Labute approximate surface area is 147 Å². The SMILES string of the molecule is Cc1nc(CCNC(=O)C2NCCc3[nH]cnc32)nc2c1CCCC2. The molecule has 0 aromatic carbocycles. The van der Waals surface area contributed by atoms with Crippen LogP contribution in [0.15, 0.2) is 6.33 Å². The number of carbonyl (C=O) groups is 1. The van der Waals surface area contributed by atoms with Gasteiger partial charge in [0.25, 0.3) is 0 Å². The van der Waals surface area contributed by atoms with Gasteiger partial charge in [0.2, 0.25) is 5.91 Å². The van der Waals surface area contributed by atoms with Gasteiger partial charge in [-0.1, -0.05) is 0 Å². The predicted octanol–water partition coefficient (Wildman–Crippen LogP) is 0.933. The van der Waals surface area contributed by atoms with E-state index in [1.54, 1.807) is 6.33 Å². The topological polar surface area (TPSA) is 95.6 Å². The molecule has 0 spiro atoms. The number of carbonyl (C=O) groups excluding carboxylic acids is 1. The second-order valence-corrected chi connectivity index (χ2v) is 6.80. The summed E-state index contributed by atoms with van der Waals surface area (Å²) in [6.07, 6.45) is 7.77. The molecule has 1 aliphatic heterocycles. The van der Waals surface area contributed by atoms with E-state index >= 15 is 0 Å². The minimum Gasteiger partial charge on any atom is -0.354 e. The minimum atomic E-state index is -0.374. The highest BCUT2D eigenvalue weighted by Gasteiger charge is 2.28. The fourth-order valence-electron chi connectivity index (χ4n) is 3.79. The summed E-state index contributed by atoms with van der Waals surface area (Å²) in [4.78, 5) is 29.2. The van der Waals surface area contributed by atoms with Gasteiger partial charge in [-0.25, -0.2) is 15.0 Å². The molecule has 1 amide bonds. The predicted molar refractivity (Wildman–Crippen MR) is 93.2 cm³/mol. The highest BCUT2D eigenvalue weighted by atomic mass is 16.2. The highest BCUT2D eigenvalue weighted by Crippen LogP contribution is 2.22. The molecule has 0 bridgehead atoms. The van der Waals surface area contributed by atoms with Gasteiger partial charge in [0, 0.05) is 43.0 Å². The second-order valence-electron chi connectivity index (χ2n) is 6.80. The van der Waals surface area contributed by atoms with Crippen molar-refractivity contribution < 1.29 is 4.79 Å². The molecule has 2 aliphatic rings. The maximum Gasteiger partial charge on any atom is 0.243 e. The van der Waals surface area contributed by atoms with Gasteiger partial charge in [-0.05, 0) is 38.2 Å². The smallest absolute Gasteiger partial charge is 0.243 e. The maximum atomic E-state index is 12.5. The van der Waals surface area contributed by atoms with Gasteiger partial charge in [0.15, 0.2) is 0 Å². The van der Waals surface area contributed by atoms with E-state index in [0.717, 1.165) is 48.7 Å². The lowest BCUT2D eigenvalue weighted by atomic mass is 9.95. The van der Waals surface area contributed by atoms with Crippen LogP contribution in [0.3, 0.4) is 0 Å². The van der Waals surface area contributed by atoms with Crippen LogP contribution in [0.5, 0.6) is 0 Å². The fraction of sp³-hybridized carbons (Fsp3) is 0.556. The number of imidazole rings is 1. The third kappa shape index (κ3) is 3.28. The average Bonchev–Trinajstić information content (AvgIpc) is 3.10. The molecule has 0 saturated carbocycles. The molecular weight excluding hydrogens is 316 g/mol. The van der Waals surface area contributed by atoms with Crippen LogP contribution in [0.1, 0.15) is 53.0 Å². The normalized spacial score (nSPS) is 19.2. The molecule has 0 radical (unpaired) electrons. The summed E-state index contributed by atoms with van der Waals surface area (Å²) < 4.78 is 0. The average molecular weight is 340 g/mol. The van der Waals surface area contributed by atoms with E-state index in [1.165, 1.54) is 24.1 Å². The van der Waals surface area contributed by atoms with E-state index in [1.807, 2.05) is 0 Å². The molecule has 25 heavy (non-hydrogen) atoms. The number of nitrogens with one attached hydrogen (secondary N) is 3. The third-order valence-electron chi connectivity index (χ3n) is 5.09. The number of hydrogen-bond acceptors (Lipinski definition) is 5. The van der Waals surface area contributed by atoms with Crippen molar-refractivity contribution in [2.75, 3.05) is 13.1 Å². The number of hydrogen-bond donors (Lipinski definition) is 3. The Hall–Kier alpha value is -2.28. The van der Waals surface area contributed by atoms with Crippen LogP contribution >= 0.6 is 0 Å². The van der Waals surface area contributed by atoms with Crippen LogP contribution in [0.25, 0.3) is 0 Å². The van der Waals surface area contributed by atoms with Crippen molar-refractivity contribution in [3.63, 3.8) is 0 Å². The van der Waals surface area contributed by atoms with Crippen LogP contribution < -0.4 is 10.6 Å². The highest BCUT2D eigenvalue weighted by molar-refractivity contribution is 5.83. The molecule has 4 rings (SSSR count). The number of H-pyrrole nitrogens is 1. The van der Waals surface area contributed by atoms with Crippen molar-refractivity contribution in [3.8, 4) is 0 Å². The summed E-state index contributed by atoms with van der Waals surface area (Å²) in [5, 5.41) is 6.23. The minimum absolute atomic E-state index is 0.0391. The van der Waals surface area contributed by atoms with Gasteiger partial charge in [-0.2, -0.15) is 0 Å². The summed E-state index contributed by atoms with van der Waals surface area (Å²) in [5.41, 5.74) is 5.49. The van der Waals surface area contributed by atoms with Crippen molar-refractivity contribution in [1.29, 1.82) is 0 Å². The molecule has 2 aromatic heterocycles. The summed E-state index contributed by atoms with van der Waals surface area (Å²) in [6, 6.07) is -0.374. The van der Waals surface area contributed by atoms with E-state index in [4.69, 9.17) is 4.98 Å². The monoisotopic (exact) mass is 340 g/mol. The molecule has 0 fully saturated rings. The third-order valence-corrected chi connectivity index (χ3v) is 5.09. The molecule has 1 unspecified atom stereocenters. The number of nitrogens with zero attached hydrogens (tertiary/aromatic N) is 3. The van der Waals surface area contributed by atoms with Crippen LogP contribution in [0, 0.1) is 6.92 Å². The van der Waals surface area contributed by atoms with Gasteiger partial charge in [-0.3, -0.25) is 4.79 Å². The molecule has 7 nitrogen and oxygen atoms in total. The molecule has 3 heterocycles. The zero-order valence-electron chi connectivity index (χ0n) is 14.6. The number of amides is 1. The number of fused-ring (bicyclic) bond motifs is 2. The van der Waals surface area contributed by atoms with Crippen LogP contribution in [0.2, 0.25) is 0 Å². The van der Waals surface area contributed by atoms with E-state index in [2.05, 4.69) is 32.5 Å². The number of aromatic nitrogens is 4. The van der Waals surface area contributed by atoms with Gasteiger partial charge in [-0.15, -0.1) is 0 Å². The van der Waals surface area contributed by atoms with Crippen molar-refractivity contribution in [1.82, 2.24) is 30.6 Å². The first-order valence-corrected chi connectivity index (χ1v) is 9.11. The molecule has 132 valence electrons. The first-order chi connectivity index (χ1) is 12.2. The second kappa shape index (κ2) is 6.92. The Morgan fingerprint density at radius 2 is 2.16 bits per heavy atom. The largest absolute Gasteiger partial charge is 0.354 e. The van der Waals surface area contributed by atoms with Gasteiger partial charge in [0.05, 0.1) is 12.0 Å². The van der Waals surface area contributed by atoms with E-state index < -0.39 is 0 Å². The van der Waals surface area contributed by atoms with Crippen molar-refractivity contribution in [2.45, 2.75) is 51.5 Å². The van der Waals surface area contributed by atoms with Gasteiger partial charge >= 0.3 is 0 Å². The van der Waals surface area contributed by atoms with Crippen LogP contribution in [0.4, 0.5) is 0 Å². The van der Waals surface area contributed by atoms with Crippen molar-refractivity contribution in [2.24, 2.45) is 0 Å². The lowest BCUT2D eigenvalue weighted by molar-refractivity contribution is -0.123.